The molecule has 0 aromatic rings. The highest BCUT2D eigenvalue weighted by molar-refractivity contribution is 7.91. The van der Waals surface area contributed by atoms with Gasteiger partial charge in [-0.05, 0) is 23.9 Å². The summed E-state index contributed by atoms with van der Waals surface area (Å²) in [5, 5.41) is 1.76. The Labute approximate surface area is 76.2 Å². The molecule has 1 unspecified atom stereocenters. The predicted molar refractivity (Wildman–Crippen MR) is 46.0 cm³/mol. The van der Waals surface area contributed by atoms with Crippen molar-refractivity contribution in [3.8, 4) is 0 Å². The topological polar surface area (TPSA) is 63.2 Å². The van der Waals surface area contributed by atoms with E-state index >= 15 is 0 Å². The van der Waals surface area contributed by atoms with Crippen LogP contribution in [0.1, 0.15) is 6.42 Å². The van der Waals surface area contributed by atoms with Crippen LogP contribution in [0.4, 0.5) is 4.79 Å². The molecule has 1 aliphatic rings. The SMILES string of the molecule is O=C(Cl)NCC1CCS(=O)(=O)C1. The molecule has 1 rings (SSSR count). The number of carbonyl (C=O) groups is 1. The van der Waals surface area contributed by atoms with Gasteiger partial charge in [0.25, 0.3) is 0 Å². The zero-order valence-electron chi connectivity index (χ0n) is 6.42. The Hall–Kier alpha value is -0.290. The molecule has 0 aliphatic carbocycles. The Kier molecular flexibility index (Phi) is 2.95. The molecule has 1 aliphatic heterocycles. The van der Waals surface area contributed by atoms with Gasteiger partial charge >= 0.3 is 5.37 Å². The predicted octanol–water partition coefficient (Wildman–Crippen LogP) is 0.370. The van der Waals surface area contributed by atoms with Crippen molar-refractivity contribution in [3.63, 3.8) is 0 Å². The lowest BCUT2D eigenvalue weighted by molar-refractivity contribution is 0.258. The van der Waals surface area contributed by atoms with E-state index in [4.69, 9.17) is 11.6 Å². The normalized spacial score (nSPS) is 26.9. The van der Waals surface area contributed by atoms with Crippen molar-refractivity contribution in [2.45, 2.75) is 6.42 Å². The number of halogens is 1. The lowest BCUT2D eigenvalue weighted by atomic mass is 10.1. The molecular formula is C6H10ClNO3S. The lowest BCUT2D eigenvalue weighted by Crippen LogP contribution is -2.25. The van der Waals surface area contributed by atoms with Gasteiger partial charge in [-0.15, -0.1) is 0 Å². The van der Waals surface area contributed by atoms with Crippen LogP contribution in [0, 0.1) is 5.92 Å². The Morgan fingerprint density at radius 3 is 2.67 bits per heavy atom. The number of amides is 1. The molecule has 6 heteroatoms. The van der Waals surface area contributed by atoms with Crippen LogP contribution in [0.25, 0.3) is 0 Å². The van der Waals surface area contributed by atoms with Gasteiger partial charge in [-0.25, -0.2) is 8.42 Å². The summed E-state index contributed by atoms with van der Waals surface area (Å²) in [6, 6.07) is 0. The van der Waals surface area contributed by atoms with E-state index in [0.29, 0.717) is 13.0 Å². The van der Waals surface area contributed by atoms with Crippen LogP contribution >= 0.6 is 11.6 Å². The van der Waals surface area contributed by atoms with Crippen LogP contribution in [0.15, 0.2) is 0 Å². The van der Waals surface area contributed by atoms with Gasteiger partial charge in [-0.3, -0.25) is 4.79 Å². The average Bonchev–Trinajstić information content (AvgIpc) is 2.26. The van der Waals surface area contributed by atoms with Crippen LogP contribution in [0.5, 0.6) is 0 Å². The molecule has 70 valence electrons. The van der Waals surface area contributed by atoms with Crippen molar-refractivity contribution in [1.82, 2.24) is 5.32 Å². The van der Waals surface area contributed by atoms with E-state index in [-0.39, 0.29) is 17.4 Å². The van der Waals surface area contributed by atoms with Gasteiger partial charge in [0.05, 0.1) is 11.5 Å². The summed E-state index contributed by atoms with van der Waals surface area (Å²) in [7, 11) is -2.84. The summed E-state index contributed by atoms with van der Waals surface area (Å²) < 4.78 is 21.9. The van der Waals surface area contributed by atoms with Crippen molar-refractivity contribution in [2.75, 3.05) is 18.1 Å². The van der Waals surface area contributed by atoms with Gasteiger partial charge in [0.2, 0.25) is 0 Å². The minimum atomic E-state index is -2.84. The van der Waals surface area contributed by atoms with Gasteiger partial charge < -0.3 is 5.32 Å². The molecule has 0 radical (unpaired) electrons. The van der Waals surface area contributed by atoms with Crippen LogP contribution < -0.4 is 5.32 Å². The molecule has 1 fully saturated rings. The number of hydrogen-bond acceptors (Lipinski definition) is 3. The monoisotopic (exact) mass is 211 g/mol. The third-order valence-electron chi connectivity index (χ3n) is 1.86. The van der Waals surface area contributed by atoms with E-state index < -0.39 is 15.2 Å². The van der Waals surface area contributed by atoms with Crippen LogP contribution in [0.3, 0.4) is 0 Å². The Balaban J connectivity index is 2.34. The van der Waals surface area contributed by atoms with E-state index in [1.807, 2.05) is 0 Å². The number of carbonyl (C=O) groups excluding carboxylic acids is 1. The highest BCUT2D eigenvalue weighted by atomic mass is 35.5. The standard InChI is InChI=1S/C6H10ClNO3S/c7-6(9)8-3-5-1-2-12(10,11)4-5/h5H,1-4H2,(H,8,9). The average molecular weight is 212 g/mol. The highest BCUT2D eigenvalue weighted by Crippen LogP contribution is 2.17. The van der Waals surface area contributed by atoms with Gasteiger partial charge in [-0.2, -0.15) is 0 Å². The Morgan fingerprint density at radius 2 is 2.25 bits per heavy atom. The molecule has 1 atom stereocenters. The number of sulfone groups is 1. The maximum absolute atomic E-state index is 10.9. The second-order valence-electron chi connectivity index (χ2n) is 2.92. The summed E-state index contributed by atoms with van der Waals surface area (Å²) in [6.45, 7) is 0.363. The molecule has 0 aromatic carbocycles. The molecule has 0 saturated carbocycles. The molecule has 1 saturated heterocycles. The summed E-state index contributed by atoms with van der Waals surface area (Å²) in [5.41, 5.74) is 0. The van der Waals surface area contributed by atoms with Crippen molar-refractivity contribution in [2.24, 2.45) is 5.92 Å². The molecule has 0 bridgehead atoms. The summed E-state index contributed by atoms with van der Waals surface area (Å²) >= 11 is 5.03. The molecule has 1 heterocycles. The van der Waals surface area contributed by atoms with E-state index in [1.165, 1.54) is 0 Å². The third kappa shape index (κ3) is 2.98. The van der Waals surface area contributed by atoms with Crippen molar-refractivity contribution in [1.29, 1.82) is 0 Å². The van der Waals surface area contributed by atoms with Crippen molar-refractivity contribution < 1.29 is 13.2 Å². The first-order valence-electron chi connectivity index (χ1n) is 3.63. The first-order chi connectivity index (χ1) is 5.49. The quantitative estimate of drug-likeness (QED) is 0.530. The third-order valence-corrected chi connectivity index (χ3v) is 3.83. The molecule has 0 aromatic heterocycles. The summed E-state index contributed by atoms with van der Waals surface area (Å²) in [6.07, 6.45) is 0.625. The van der Waals surface area contributed by atoms with Crippen molar-refractivity contribution >= 4 is 26.8 Å². The second kappa shape index (κ2) is 3.62. The maximum atomic E-state index is 10.9. The number of hydrogen-bond donors (Lipinski definition) is 1. The minimum absolute atomic E-state index is 0.0395. The zero-order chi connectivity index (χ0) is 9.19. The Bertz CT molecular complexity index is 275. The van der Waals surface area contributed by atoms with Gasteiger partial charge in [0, 0.05) is 6.54 Å². The fraction of sp³-hybridized carbons (Fsp3) is 0.833. The fourth-order valence-electron chi connectivity index (χ4n) is 1.26. The van der Waals surface area contributed by atoms with Crippen LogP contribution in [-0.4, -0.2) is 31.8 Å². The molecule has 4 nitrogen and oxygen atoms in total. The van der Waals surface area contributed by atoms with Crippen molar-refractivity contribution in [3.05, 3.63) is 0 Å². The van der Waals surface area contributed by atoms with E-state index in [9.17, 15) is 13.2 Å². The number of rotatable bonds is 2. The zero-order valence-corrected chi connectivity index (χ0v) is 7.99. The first-order valence-corrected chi connectivity index (χ1v) is 5.83. The molecule has 1 N–H and O–H groups in total. The van der Waals surface area contributed by atoms with Crippen LogP contribution in [-0.2, 0) is 9.84 Å². The van der Waals surface area contributed by atoms with E-state index in [2.05, 4.69) is 5.32 Å². The lowest BCUT2D eigenvalue weighted by Gasteiger charge is -2.05. The summed E-state index contributed by atoms with van der Waals surface area (Å²) in [4.78, 5) is 10.3. The number of nitrogens with one attached hydrogen (secondary N) is 1. The second-order valence-corrected chi connectivity index (χ2v) is 5.50. The van der Waals surface area contributed by atoms with Gasteiger partial charge in [0.1, 0.15) is 0 Å². The van der Waals surface area contributed by atoms with Crippen LogP contribution in [0.2, 0.25) is 0 Å². The smallest absolute Gasteiger partial charge is 0.313 e. The molecule has 1 amide bonds. The minimum Gasteiger partial charge on any atom is -0.342 e. The van der Waals surface area contributed by atoms with E-state index in [0.717, 1.165) is 0 Å². The molecule has 12 heavy (non-hydrogen) atoms. The Morgan fingerprint density at radius 1 is 1.58 bits per heavy atom. The molecule has 0 spiro atoms. The fourth-order valence-corrected chi connectivity index (χ4v) is 3.20. The first kappa shape index (κ1) is 9.80. The maximum Gasteiger partial charge on any atom is 0.313 e. The summed E-state index contributed by atoms with van der Waals surface area (Å²) in [5.74, 6) is 0.442. The largest absolute Gasteiger partial charge is 0.342 e. The van der Waals surface area contributed by atoms with Gasteiger partial charge in [0.15, 0.2) is 9.84 Å². The van der Waals surface area contributed by atoms with Gasteiger partial charge in [-0.1, -0.05) is 0 Å². The molecular weight excluding hydrogens is 202 g/mol. The van der Waals surface area contributed by atoms with E-state index in [1.54, 1.807) is 0 Å². The highest BCUT2D eigenvalue weighted by Gasteiger charge is 2.27.